The van der Waals surface area contributed by atoms with Crippen molar-refractivity contribution in [2.24, 2.45) is 0 Å². The Bertz CT molecular complexity index is 887. The van der Waals surface area contributed by atoms with Crippen molar-refractivity contribution in [2.75, 3.05) is 11.4 Å². The summed E-state index contributed by atoms with van der Waals surface area (Å²) in [6, 6.07) is 15.3. The van der Waals surface area contributed by atoms with Crippen LogP contribution in [0.3, 0.4) is 0 Å². The van der Waals surface area contributed by atoms with Crippen molar-refractivity contribution in [3.63, 3.8) is 0 Å². The van der Waals surface area contributed by atoms with Crippen LogP contribution in [0.2, 0.25) is 0 Å². The van der Waals surface area contributed by atoms with Gasteiger partial charge in [0.05, 0.1) is 0 Å². The molecule has 172 valence electrons. The molecule has 4 rings (SSSR count). The largest absolute Gasteiger partial charge is 0.443 e. The zero-order valence-corrected chi connectivity index (χ0v) is 19.8. The predicted octanol–water partition coefficient (Wildman–Crippen LogP) is 6.49. The molecule has 0 bridgehead atoms. The molecule has 2 heterocycles. The fourth-order valence-electron chi connectivity index (χ4n) is 5.10. The van der Waals surface area contributed by atoms with Gasteiger partial charge in [0.25, 0.3) is 0 Å². The SMILES string of the molecule is CC(C)(C)OC(=O)N(c1ncccc1C1CCCCN1Cc1ccccc1)C1CCCC1. The number of amides is 1. The monoisotopic (exact) mass is 435 g/mol. The molecular formula is C27H37N3O2. The lowest BCUT2D eigenvalue weighted by Gasteiger charge is -2.39. The van der Waals surface area contributed by atoms with Crippen LogP contribution in [0.5, 0.6) is 0 Å². The molecule has 5 heteroatoms. The number of rotatable bonds is 5. The second-order valence-corrected chi connectivity index (χ2v) is 10.2. The van der Waals surface area contributed by atoms with E-state index in [4.69, 9.17) is 9.72 Å². The Balaban J connectivity index is 1.67. The van der Waals surface area contributed by atoms with Gasteiger partial charge in [-0.15, -0.1) is 0 Å². The lowest BCUT2D eigenvalue weighted by atomic mass is 9.94. The number of hydrogen-bond donors (Lipinski definition) is 0. The van der Waals surface area contributed by atoms with E-state index in [1.807, 2.05) is 37.9 Å². The van der Waals surface area contributed by atoms with Gasteiger partial charge in [0.15, 0.2) is 0 Å². The van der Waals surface area contributed by atoms with E-state index < -0.39 is 5.60 Å². The normalized spacial score (nSPS) is 20.3. The smallest absolute Gasteiger partial charge is 0.416 e. The Kier molecular flexibility index (Phi) is 7.14. The van der Waals surface area contributed by atoms with Gasteiger partial charge in [-0.05, 0) is 64.6 Å². The quantitative estimate of drug-likeness (QED) is 0.538. The summed E-state index contributed by atoms with van der Waals surface area (Å²) in [5.74, 6) is 0.790. The molecule has 1 aromatic carbocycles. The van der Waals surface area contributed by atoms with Gasteiger partial charge in [-0.1, -0.05) is 55.7 Å². The second kappa shape index (κ2) is 10.0. The van der Waals surface area contributed by atoms with Crippen LogP contribution in [0.25, 0.3) is 0 Å². The fraction of sp³-hybridized carbons (Fsp3) is 0.556. The molecule has 32 heavy (non-hydrogen) atoms. The number of benzene rings is 1. The number of hydrogen-bond acceptors (Lipinski definition) is 4. The summed E-state index contributed by atoms with van der Waals surface area (Å²) in [5, 5.41) is 0. The van der Waals surface area contributed by atoms with E-state index in [0.29, 0.717) is 0 Å². The van der Waals surface area contributed by atoms with Crippen LogP contribution in [-0.2, 0) is 11.3 Å². The van der Waals surface area contributed by atoms with Crippen molar-refractivity contribution in [1.82, 2.24) is 9.88 Å². The minimum atomic E-state index is -0.535. The van der Waals surface area contributed by atoms with E-state index in [2.05, 4.69) is 41.3 Å². The summed E-state index contributed by atoms with van der Waals surface area (Å²) in [4.78, 5) is 22.6. The zero-order valence-electron chi connectivity index (χ0n) is 19.8. The minimum absolute atomic E-state index is 0.157. The van der Waals surface area contributed by atoms with Crippen LogP contribution in [0, 0.1) is 0 Å². The third-order valence-electron chi connectivity index (χ3n) is 6.53. The van der Waals surface area contributed by atoms with Crippen molar-refractivity contribution in [1.29, 1.82) is 0 Å². The van der Waals surface area contributed by atoms with Crippen LogP contribution >= 0.6 is 0 Å². The third-order valence-corrected chi connectivity index (χ3v) is 6.53. The molecular weight excluding hydrogens is 398 g/mol. The van der Waals surface area contributed by atoms with Crippen LogP contribution in [-0.4, -0.2) is 34.2 Å². The number of piperidine rings is 1. The lowest BCUT2D eigenvalue weighted by molar-refractivity contribution is 0.0563. The Morgan fingerprint density at radius 1 is 1.03 bits per heavy atom. The molecule has 1 unspecified atom stereocenters. The van der Waals surface area contributed by atoms with Crippen molar-refractivity contribution < 1.29 is 9.53 Å². The highest BCUT2D eigenvalue weighted by Crippen LogP contribution is 2.39. The maximum Gasteiger partial charge on any atom is 0.416 e. The van der Waals surface area contributed by atoms with E-state index in [-0.39, 0.29) is 18.2 Å². The van der Waals surface area contributed by atoms with Gasteiger partial charge < -0.3 is 4.74 Å². The summed E-state index contributed by atoms with van der Waals surface area (Å²) in [7, 11) is 0. The van der Waals surface area contributed by atoms with Crippen LogP contribution in [0.4, 0.5) is 10.6 Å². The molecule has 1 aromatic heterocycles. The first-order valence-electron chi connectivity index (χ1n) is 12.2. The number of anilines is 1. The molecule has 2 fully saturated rings. The first-order chi connectivity index (χ1) is 15.4. The summed E-state index contributed by atoms with van der Waals surface area (Å²) >= 11 is 0. The molecule has 1 saturated carbocycles. The van der Waals surface area contributed by atoms with Crippen molar-refractivity contribution in [3.05, 3.63) is 59.8 Å². The van der Waals surface area contributed by atoms with Crippen LogP contribution in [0.1, 0.15) is 82.9 Å². The molecule has 2 aromatic rings. The number of aromatic nitrogens is 1. The maximum atomic E-state index is 13.4. The number of nitrogens with zero attached hydrogens (tertiary/aromatic N) is 3. The molecule has 1 aliphatic carbocycles. The van der Waals surface area contributed by atoms with E-state index >= 15 is 0 Å². The van der Waals surface area contributed by atoms with Crippen LogP contribution in [0.15, 0.2) is 48.7 Å². The topological polar surface area (TPSA) is 45.7 Å². The first kappa shape index (κ1) is 22.8. The van der Waals surface area contributed by atoms with Gasteiger partial charge in [-0.2, -0.15) is 0 Å². The van der Waals surface area contributed by atoms with E-state index in [0.717, 1.165) is 56.6 Å². The van der Waals surface area contributed by atoms with Crippen molar-refractivity contribution >= 4 is 11.9 Å². The lowest BCUT2D eigenvalue weighted by Crippen LogP contribution is -2.44. The van der Waals surface area contributed by atoms with Gasteiger partial charge in [-0.3, -0.25) is 9.80 Å². The van der Waals surface area contributed by atoms with Crippen LogP contribution < -0.4 is 4.90 Å². The van der Waals surface area contributed by atoms with Gasteiger partial charge in [0.2, 0.25) is 0 Å². The van der Waals surface area contributed by atoms with E-state index in [1.165, 1.54) is 18.4 Å². The summed E-state index contributed by atoms with van der Waals surface area (Å²) in [6.07, 6.45) is 9.34. The van der Waals surface area contributed by atoms with Crippen molar-refractivity contribution in [3.8, 4) is 0 Å². The van der Waals surface area contributed by atoms with Gasteiger partial charge >= 0.3 is 6.09 Å². The second-order valence-electron chi connectivity index (χ2n) is 10.2. The average Bonchev–Trinajstić information content (AvgIpc) is 3.29. The molecule has 2 aliphatic rings. The first-order valence-corrected chi connectivity index (χ1v) is 12.2. The third kappa shape index (κ3) is 5.50. The van der Waals surface area contributed by atoms with Gasteiger partial charge in [-0.25, -0.2) is 9.78 Å². The number of pyridine rings is 1. The number of ether oxygens (including phenoxy) is 1. The molecule has 0 spiro atoms. The highest BCUT2D eigenvalue weighted by molar-refractivity contribution is 5.88. The maximum absolute atomic E-state index is 13.4. The van der Waals surface area contributed by atoms with Gasteiger partial charge in [0, 0.05) is 30.4 Å². The number of likely N-dealkylation sites (tertiary alicyclic amines) is 1. The highest BCUT2D eigenvalue weighted by atomic mass is 16.6. The summed E-state index contributed by atoms with van der Waals surface area (Å²) in [6.45, 7) is 7.76. The molecule has 0 N–H and O–H groups in total. The van der Waals surface area contributed by atoms with E-state index in [9.17, 15) is 4.79 Å². The molecule has 1 aliphatic heterocycles. The van der Waals surface area contributed by atoms with E-state index in [1.54, 1.807) is 0 Å². The predicted molar refractivity (Wildman–Crippen MR) is 129 cm³/mol. The Morgan fingerprint density at radius 2 is 1.75 bits per heavy atom. The number of carbonyl (C=O) groups excluding carboxylic acids is 1. The fourth-order valence-corrected chi connectivity index (χ4v) is 5.10. The Labute approximate surface area is 192 Å². The molecule has 0 radical (unpaired) electrons. The molecule has 1 amide bonds. The molecule has 5 nitrogen and oxygen atoms in total. The zero-order chi connectivity index (χ0) is 22.6. The van der Waals surface area contributed by atoms with Crippen molar-refractivity contribution in [2.45, 2.75) is 89.9 Å². The average molecular weight is 436 g/mol. The summed E-state index contributed by atoms with van der Waals surface area (Å²) < 4.78 is 5.86. The number of carbonyl (C=O) groups is 1. The standard InChI is InChI=1S/C27H37N3O2/c1-27(2,3)32-26(31)30(22-14-7-8-15-22)25-23(16-11-18-28-25)24-17-9-10-19-29(24)20-21-12-5-4-6-13-21/h4-6,11-13,16,18,22,24H,7-10,14-15,17,19-20H2,1-3H3. The highest BCUT2D eigenvalue weighted by Gasteiger charge is 2.36. The summed E-state index contributed by atoms with van der Waals surface area (Å²) in [5.41, 5.74) is 1.94. The molecule has 1 atom stereocenters. The Morgan fingerprint density at radius 3 is 2.47 bits per heavy atom. The molecule has 1 saturated heterocycles. The Hall–Kier alpha value is -2.40. The van der Waals surface area contributed by atoms with Gasteiger partial charge in [0.1, 0.15) is 11.4 Å². The minimum Gasteiger partial charge on any atom is -0.443 e.